The minimum Gasteiger partial charge on any atom is -0.481 e. The maximum atomic E-state index is 13.3. The highest BCUT2D eigenvalue weighted by Gasteiger charge is 2.31. The van der Waals surface area contributed by atoms with Crippen molar-refractivity contribution in [3.8, 4) is 17.6 Å². The lowest BCUT2D eigenvalue weighted by Gasteiger charge is -2.26. The fourth-order valence-corrected chi connectivity index (χ4v) is 4.45. The summed E-state index contributed by atoms with van der Waals surface area (Å²) in [6.07, 6.45) is -2.01. The third-order valence-electron chi connectivity index (χ3n) is 6.15. The molecule has 0 saturated heterocycles. The Morgan fingerprint density at radius 1 is 1.18 bits per heavy atom. The van der Waals surface area contributed by atoms with E-state index in [0.29, 0.717) is 44.2 Å². The van der Waals surface area contributed by atoms with E-state index in [-0.39, 0.29) is 40.8 Å². The number of imidazole rings is 1. The number of ether oxygens (including phenoxy) is 1. The Bertz CT molecular complexity index is 1200. The SMILES string of the molecule is CC(C)(O)C#Cc1nc(Cl)n(CCc2ccc(OC(F)(F)F)cc2)c1C(=O)NCC1CCC(C(=O)O)CC1. The molecule has 1 heterocycles. The van der Waals surface area contributed by atoms with E-state index < -0.39 is 23.8 Å². The molecule has 1 fully saturated rings. The first-order valence-electron chi connectivity index (χ1n) is 12.1. The molecule has 0 atom stereocenters. The standard InChI is InChI=1S/C26H29ClF3N3O5/c1-25(2,37)13-11-20-21(22(34)31-15-17-3-7-18(8-4-17)23(35)36)33(24(27)32-20)14-12-16-5-9-19(10-6-16)38-26(28,29)30/h5-6,9-10,17-18,37H,3-4,7-8,12,14-15H2,1-2H3,(H,31,34)(H,35,36). The van der Waals surface area contributed by atoms with Gasteiger partial charge in [-0.25, -0.2) is 4.98 Å². The van der Waals surface area contributed by atoms with Gasteiger partial charge in [-0.3, -0.25) is 9.59 Å². The number of nitrogens with zero attached hydrogens (tertiary/aromatic N) is 2. The molecule has 3 N–H and O–H groups in total. The first-order valence-corrected chi connectivity index (χ1v) is 12.5. The molecular weight excluding hydrogens is 527 g/mol. The molecule has 0 aliphatic heterocycles. The quantitative estimate of drug-likeness (QED) is 0.416. The predicted molar refractivity (Wildman–Crippen MR) is 133 cm³/mol. The van der Waals surface area contributed by atoms with E-state index in [1.54, 1.807) is 0 Å². The van der Waals surface area contributed by atoms with Crippen LogP contribution in [-0.4, -0.2) is 50.1 Å². The summed E-state index contributed by atoms with van der Waals surface area (Å²) in [7, 11) is 0. The van der Waals surface area contributed by atoms with Crippen LogP contribution in [0.25, 0.3) is 0 Å². The van der Waals surface area contributed by atoms with Crippen molar-refractivity contribution in [1.82, 2.24) is 14.9 Å². The lowest BCUT2D eigenvalue weighted by molar-refractivity contribution is -0.274. The van der Waals surface area contributed by atoms with Crippen LogP contribution in [0.4, 0.5) is 13.2 Å². The molecule has 38 heavy (non-hydrogen) atoms. The van der Waals surface area contributed by atoms with Crippen LogP contribution in [-0.2, 0) is 17.8 Å². The van der Waals surface area contributed by atoms with Crippen LogP contribution in [0.5, 0.6) is 5.75 Å². The molecule has 1 amide bonds. The molecular formula is C26H29ClF3N3O5. The number of carboxylic acids is 1. The Kier molecular flexibility index (Phi) is 9.33. The van der Waals surface area contributed by atoms with Crippen LogP contribution < -0.4 is 10.1 Å². The number of benzene rings is 1. The van der Waals surface area contributed by atoms with Crippen LogP contribution in [0.2, 0.25) is 5.28 Å². The van der Waals surface area contributed by atoms with E-state index in [2.05, 4.69) is 26.9 Å². The number of aryl methyl sites for hydroxylation is 1. The lowest BCUT2D eigenvalue weighted by Crippen LogP contribution is -2.34. The van der Waals surface area contributed by atoms with Gasteiger partial charge >= 0.3 is 12.3 Å². The van der Waals surface area contributed by atoms with E-state index in [1.165, 1.54) is 42.7 Å². The molecule has 0 bridgehead atoms. The summed E-state index contributed by atoms with van der Waals surface area (Å²) < 4.78 is 42.6. The number of hydrogen-bond donors (Lipinski definition) is 3. The molecule has 12 heteroatoms. The molecule has 0 radical (unpaired) electrons. The van der Waals surface area contributed by atoms with Gasteiger partial charge in [0.1, 0.15) is 22.7 Å². The number of alkyl halides is 3. The Balaban J connectivity index is 1.76. The number of halogens is 4. The van der Waals surface area contributed by atoms with Gasteiger partial charge in [0, 0.05) is 13.1 Å². The Labute approximate surface area is 223 Å². The maximum absolute atomic E-state index is 13.3. The third-order valence-corrected chi connectivity index (χ3v) is 6.44. The maximum Gasteiger partial charge on any atom is 0.573 e. The summed E-state index contributed by atoms with van der Waals surface area (Å²) in [6, 6.07) is 5.36. The second-order valence-corrected chi connectivity index (χ2v) is 10.1. The molecule has 3 rings (SSSR count). The molecule has 206 valence electrons. The zero-order valence-corrected chi connectivity index (χ0v) is 21.7. The number of rotatable bonds is 8. The van der Waals surface area contributed by atoms with Crippen LogP contribution in [0.1, 0.15) is 61.3 Å². The number of aliphatic hydroxyl groups is 1. The number of carboxylic acid groups (broad SMARTS) is 1. The predicted octanol–water partition coefficient (Wildman–Crippen LogP) is 4.42. The summed E-state index contributed by atoms with van der Waals surface area (Å²) in [5.74, 6) is 3.49. The number of nitrogens with one attached hydrogen (secondary N) is 1. The van der Waals surface area contributed by atoms with E-state index >= 15 is 0 Å². The van der Waals surface area contributed by atoms with Crippen LogP contribution in [0.3, 0.4) is 0 Å². The fraction of sp³-hybridized carbons (Fsp3) is 0.500. The molecule has 1 saturated carbocycles. The topological polar surface area (TPSA) is 114 Å². The van der Waals surface area contributed by atoms with E-state index in [9.17, 15) is 33.0 Å². The molecule has 1 aromatic carbocycles. The van der Waals surface area contributed by atoms with Gasteiger partial charge in [0.2, 0.25) is 5.28 Å². The molecule has 8 nitrogen and oxygen atoms in total. The number of aliphatic carboxylic acids is 1. The highest BCUT2D eigenvalue weighted by molar-refractivity contribution is 6.29. The second kappa shape index (κ2) is 12.1. The summed E-state index contributed by atoms with van der Waals surface area (Å²) >= 11 is 6.34. The number of carbonyl (C=O) groups is 2. The minimum atomic E-state index is -4.79. The fourth-order valence-electron chi connectivity index (χ4n) is 4.19. The normalized spacial score (nSPS) is 17.9. The van der Waals surface area contributed by atoms with Crippen molar-refractivity contribution >= 4 is 23.5 Å². The van der Waals surface area contributed by atoms with Gasteiger partial charge in [0.05, 0.1) is 5.92 Å². The Morgan fingerprint density at radius 3 is 2.37 bits per heavy atom. The lowest BCUT2D eigenvalue weighted by atomic mass is 9.82. The smallest absolute Gasteiger partial charge is 0.481 e. The number of hydrogen-bond acceptors (Lipinski definition) is 5. The summed E-state index contributed by atoms with van der Waals surface area (Å²) in [4.78, 5) is 28.6. The molecule has 0 unspecified atom stereocenters. The van der Waals surface area contributed by atoms with Crippen molar-refractivity contribution in [2.75, 3.05) is 6.54 Å². The van der Waals surface area contributed by atoms with Crippen molar-refractivity contribution in [2.45, 2.75) is 64.5 Å². The molecule has 0 spiro atoms. The van der Waals surface area contributed by atoms with Gasteiger partial charge in [-0.2, -0.15) is 0 Å². The van der Waals surface area contributed by atoms with Gasteiger partial charge in [0.15, 0.2) is 0 Å². The molecule has 2 aromatic rings. The molecule has 1 aliphatic carbocycles. The van der Waals surface area contributed by atoms with Crippen molar-refractivity contribution in [3.05, 3.63) is 46.5 Å². The minimum absolute atomic E-state index is 0.00538. The highest BCUT2D eigenvalue weighted by atomic mass is 35.5. The molecule has 1 aliphatic rings. The Hall–Kier alpha value is -3.23. The van der Waals surface area contributed by atoms with Crippen molar-refractivity contribution < 1.29 is 37.7 Å². The van der Waals surface area contributed by atoms with Crippen molar-refractivity contribution in [3.63, 3.8) is 0 Å². The third kappa shape index (κ3) is 8.67. The zero-order chi connectivity index (χ0) is 28.1. The van der Waals surface area contributed by atoms with Crippen LogP contribution in [0, 0.1) is 23.7 Å². The number of amides is 1. The van der Waals surface area contributed by atoms with E-state index in [0.717, 1.165) is 0 Å². The summed E-state index contributed by atoms with van der Waals surface area (Å²) in [6.45, 7) is 3.49. The summed E-state index contributed by atoms with van der Waals surface area (Å²) in [5.41, 5.74) is -0.483. The molecule has 1 aromatic heterocycles. The first-order chi connectivity index (χ1) is 17.7. The number of carbonyl (C=O) groups excluding carboxylic acids is 1. The van der Waals surface area contributed by atoms with Gasteiger partial charge in [-0.1, -0.05) is 18.1 Å². The first kappa shape index (κ1) is 29.3. The van der Waals surface area contributed by atoms with Gasteiger partial charge in [0.25, 0.3) is 5.91 Å². The second-order valence-electron chi connectivity index (χ2n) is 9.75. The van der Waals surface area contributed by atoms with Crippen molar-refractivity contribution in [2.24, 2.45) is 11.8 Å². The zero-order valence-electron chi connectivity index (χ0n) is 20.9. The van der Waals surface area contributed by atoms with Crippen LogP contribution in [0.15, 0.2) is 24.3 Å². The monoisotopic (exact) mass is 555 g/mol. The average Bonchev–Trinajstić information content (AvgIpc) is 3.14. The summed E-state index contributed by atoms with van der Waals surface area (Å²) in [5, 5.41) is 22.0. The Morgan fingerprint density at radius 2 is 1.82 bits per heavy atom. The average molecular weight is 556 g/mol. The van der Waals surface area contributed by atoms with Crippen molar-refractivity contribution in [1.29, 1.82) is 0 Å². The highest BCUT2D eigenvalue weighted by Crippen LogP contribution is 2.29. The largest absolute Gasteiger partial charge is 0.573 e. The van der Waals surface area contributed by atoms with Gasteiger partial charge in [-0.05, 0) is 87.1 Å². The van der Waals surface area contributed by atoms with Crippen LogP contribution >= 0.6 is 11.6 Å². The van der Waals surface area contributed by atoms with Gasteiger partial charge < -0.3 is 24.8 Å². The van der Waals surface area contributed by atoms with E-state index in [4.69, 9.17) is 11.6 Å². The van der Waals surface area contributed by atoms with Gasteiger partial charge in [-0.15, -0.1) is 13.2 Å². The van der Waals surface area contributed by atoms with E-state index in [1.807, 2.05) is 0 Å². The number of aromatic nitrogens is 2.